The molecule has 8 rings (SSSR count). The third-order valence-electron chi connectivity index (χ3n) is 10.8. The van der Waals surface area contributed by atoms with Gasteiger partial charge >= 0.3 is 6.01 Å². The van der Waals surface area contributed by atoms with E-state index in [2.05, 4.69) is 19.9 Å². The Hall–Kier alpha value is -3.43. The number of fused-ring (bicyclic) bond motifs is 3. The van der Waals surface area contributed by atoms with Gasteiger partial charge in [0.1, 0.15) is 22.8 Å². The van der Waals surface area contributed by atoms with Crippen LogP contribution in [0.5, 0.6) is 11.8 Å². The molecule has 0 amide bonds. The molecular formula is C34H36F2N4O3. The second kappa shape index (κ2) is 10.1. The third-order valence-corrected chi connectivity index (χ3v) is 10.8. The zero-order valence-corrected chi connectivity index (χ0v) is 24.4. The molecule has 1 spiro atoms. The molecule has 2 aromatic carbocycles. The molecule has 2 aliphatic heterocycles. The van der Waals surface area contributed by atoms with Crippen LogP contribution < -0.4 is 4.74 Å². The lowest BCUT2D eigenvalue weighted by Crippen LogP contribution is -2.64. The van der Waals surface area contributed by atoms with E-state index in [1.807, 2.05) is 6.92 Å². The molecule has 4 fully saturated rings. The second-order valence-electron chi connectivity index (χ2n) is 13.3. The number of aromatic nitrogens is 3. The largest absolute Gasteiger partial charge is 0.508 e. The summed E-state index contributed by atoms with van der Waals surface area (Å²) in [5.41, 5.74) is 1.37. The molecule has 0 radical (unpaired) electrons. The molecule has 2 saturated carbocycles. The summed E-state index contributed by atoms with van der Waals surface area (Å²) in [6.07, 6.45) is 11.7. The first-order valence-electron chi connectivity index (χ1n) is 15.6. The predicted molar refractivity (Wildman–Crippen MR) is 159 cm³/mol. The molecule has 4 aromatic rings. The van der Waals surface area contributed by atoms with Crippen molar-refractivity contribution in [1.29, 1.82) is 0 Å². The standard InChI is InChI=1S/C34H36F2N4O3/c1-2-24-26(35)7-6-20-11-23(41)12-25(28(20)24)31-29(36)30-21(15-37-31)16-38-32(39-30)43-19-34-8-3-5-27(34)40(10-4-9-34)22-13-33(14-22)17-42-18-33/h6-7,11-12,15-16,22,27,41H,2-5,8-10,13-14,17-19H2,1H3/t27-,34-/m1/s1. The lowest BCUT2D eigenvalue weighted by molar-refractivity contribution is -0.196. The van der Waals surface area contributed by atoms with Crippen molar-refractivity contribution in [3.05, 3.63) is 53.9 Å². The summed E-state index contributed by atoms with van der Waals surface area (Å²) in [7, 11) is 0. The van der Waals surface area contributed by atoms with Crippen molar-refractivity contribution < 1.29 is 23.4 Å². The number of likely N-dealkylation sites (tertiary alicyclic amines) is 1. The van der Waals surface area contributed by atoms with E-state index in [0.29, 0.717) is 57.8 Å². The average Bonchev–Trinajstić information content (AvgIpc) is 3.40. The van der Waals surface area contributed by atoms with Gasteiger partial charge in [-0.05, 0) is 86.0 Å². The molecular weight excluding hydrogens is 550 g/mol. The van der Waals surface area contributed by atoms with Crippen molar-refractivity contribution in [3.8, 4) is 23.0 Å². The van der Waals surface area contributed by atoms with Gasteiger partial charge in [-0.1, -0.05) is 19.4 Å². The van der Waals surface area contributed by atoms with E-state index in [4.69, 9.17) is 9.47 Å². The molecule has 4 aliphatic rings. The molecule has 43 heavy (non-hydrogen) atoms. The maximum Gasteiger partial charge on any atom is 0.317 e. The number of nitrogens with zero attached hydrogens (tertiary/aromatic N) is 4. The summed E-state index contributed by atoms with van der Waals surface area (Å²) in [6, 6.07) is 7.23. The highest BCUT2D eigenvalue weighted by atomic mass is 19.1. The maximum absolute atomic E-state index is 16.2. The molecule has 1 N–H and O–H groups in total. The van der Waals surface area contributed by atoms with E-state index in [1.165, 1.54) is 44.0 Å². The van der Waals surface area contributed by atoms with E-state index in [0.717, 1.165) is 39.0 Å². The molecule has 2 aliphatic carbocycles. The highest BCUT2D eigenvalue weighted by Gasteiger charge is 2.56. The molecule has 2 atom stereocenters. The Labute approximate surface area is 249 Å². The summed E-state index contributed by atoms with van der Waals surface area (Å²) in [4.78, 5) is 16.1. The van der Waals surface area contributed by atoms with Crippen LogP contribution in [0.2, 0.25) is 0 Å². The fourth-order valence-corrected chi connectivity index (χ4v) is 8.62. The van der Waals surface area contributed by atoms with Crippen LogP contribution in [0.15, 0.2) is 36.7 Å². The summed E-state index contributed by atoms with van der Waals surface area (Å²) in [5, 5.41) is 12.0. The van der Waals surface area contributed by atoms with Gasteiger partial charge in [0, 0.05) is 46.3 Å². The quantitative estimate of drug-likeness (QED) is 0.273. The number of phenolic OH excluding ortho intramolecular Hbond substituents is 1. The number of benzene rings is 2. The van der Waals surface area contributed by atoms with Crippen LogP contribution in [0.25, 0.3) is 32.9 Å². The number of aromatic hydroxyl groups is 1. The van der Waals surface area contributed by atoms with Gasteiger partial charge in [0.2, 0.25) is 0 Å². The highest BCUT2D eigenvalue weighted by Crippen LogP contribution is 2.55. The predicted octanol–water partition coefficient (Wildman–Crippen LogP) is 6.58. The first-order valence-corrected chi connectivity index (χ1v) is 15.6. The van der Waals surface area contributed by atoms with Gasteiger partial charge in [-0.15, -0.1) is 0 Å². The van der Waals surface area contributed by atoms with Crippen molar-refractivity contribution in [2.45, 2.75) is 70.4 Å². The van der Waals surface area contributed by atoms with Crippen LogP contribution in [0.4, 0.5) is 8.78 Å². The molecule has 2 aromatic heterocycles. The van der Waals surface area contributed by atoms with Crippen molar-refractivity contribution in [2.75, 3.05) is 26.4 Å². The smallest absolute Gasteiger partial charge is 0.317 e. The Kier molecular flexibility index (Phi) is 6.35. The molecule has 0 unspecified atom stereocenters. The topological polar surface area (TPSA) is 80.6 Å². The minimum atomic E-state index is -0.650. The summed E-state index contributed by atoms with van der Waals surface area (Å²) < 4.78 is 42.8. The molecule has 2 saturated heterocycles. The van der Waals surface area contributed by atoms with Gasteiger partial charge in [0.25, 0.3) is 0 Å². The molecule has 4 heterocycles. The Balaban J connectivity index is 1.09. The second-order valence-corrected chi connectivity index (χ2v) is 13.3. The summed E-state index contributed by atoms with van der Waals surface area (Å²) in [5.74, 6) is -1.07. The minimum Gasteiger partial charge on any atom is -0.508 e. The van der Waals surface area contributed by atoms with Crippen LogP contribution in [-0.4, -0.2) is 63.4 Å². The molecule has 0 bridgehead atoms. The number of phenols is 1. The number of rotatable bonds is 6. The Bertz CT molecular complexity index is 1740. The summed E-state index contributed by atoms with van der Waals surface area (Å²) in [6.45, 7) is 5.34. The van der Waals surface area contributed by atoms with Gasteiger partial charge in [-0.25, -0.2) is 13.8 Å². The lowest BCUT2D eigenvalue weighted by Gasteiger charge is -2.60. The van der Waals surface area contributed by atoms with E-state index < -0.39 is 5.82 Å². The maximum atomic E-state index is 16.2. The zero-order valence-electron chi connectivity index (χ0n) is 24.4. The Morgan fingerprint density at radius 3 is 2.67 bits per heavy atom. The Morgan fingerprint density at radius 1 is 1.07 bits per heavy atom. The van der Waals surface area contributed by atoms with Gasteiger partial charge in [-0.3, -0.25) is 9.88 Å². The lowest BCUT2D eigenvalue weighted by atomic mass is 9.62. The number of aryl methyl sites for hydroxylation is 1. The van der Waals surface area contributed by atoms with Gasteiger partial charge in [0.15, 0.2) is 5.82 Å². The normalized spacial score (nSPS) is 25.1. The molecule has 224 valence electrons. The SMILES string of the molecule is CCc1c(F)ccc2cc(O)cc(-c3ncc4cnc(OC[C@]56CCC[C@H]5N(C5CC7(COC7)C5)CCC6)nc4c3F)c12. The fraction of sp³-hybridized carbons (Fsp3) is 0.500. The van der Waals surface area contributed by atoms with E-state index in [-0.39, 0.29) is 34.2 Å². The van der Waals surface area contributed by atoms with Gasteiger partial charge < -0.3 is 14.6 Å². The minimum absolute atomic E-state index is 0.00542. The van der Waals surface area contributed by atoms with Crippen LogP contribution in [0.1, 0.15) is 57.4 Å². The number of ether oxygens (including phenoxy) is 2. The highest BCUT2D eigenvalue weighted by molar-refractivity contribution is 6.00. The third kappa shape index (κ3) is 4.30. The zero-order chi connectivity index (χ0) is 29.3. The number of piperidine rings is 1. The number of hydrogen-bond donors (Lipinski definition) is 1. The van der Waals surface area contributed by atoms with Crippen molar-refractivity contribution in [3.63, 3.8) is 0 Å². The number of halogens is 2. The first kappa shape index (κ1) is 27.1. The van der Waals surface area contributed by atoms with E-state index >= 15 is 4.39 Å². The number of hydrogen-bond acceptors (Lipinski definition) is 7. The summed E-state index contributed by atoms with van der Waals surface area (Å²) >= 11 is 0. The molecule has 9 heteroatoms. The van der Waals surface area contributed by atoms with Crippen LogP contribution >= 0.6 is 0 Å². The van der Waals surface area contributed by atoms with Crippen LogP contribution in [-0.2, 0) is 11.2 Å². The Morgan fingerprint density at radius 2 is 1.88 bits per heavy atom. The van der Waals surface area contributed by atoms with Crippen molar-refractivity contribution in [1.82, 2.24) is 19.9 Å². The average molecular weight is 587 g/mol. The first-order chi connectivity index (χ1) is 20.9. The van der Waals surface area contributed by atoms with Crippen LogP contribution in [0, 0.1) is 22.5 Å². The molecule has 7 nitrogen and oxygen atoms in total. The van der Waals surface area contributed by atoms with E-state index in [9.17, 15) is 9.50 Å². The monoisotopic (exact) mass is 586 g/mol. The van der Waals surface area contributed by atoms with Gasteiger partial charge in [0.05, 0.1) is 19.8 Å². The van der Waals surface area contributed by atoms with Crippen molar-refractivity contribution >= 4 is 21.7 Å². The number of pyridine rings is 1. The van der Waals surface area contributed by atoms with Crippen LogP contribution in [0.3, 0.4) is 0 Å². The van der Waals surface area contributed by atoms with Crippen molar-refractivity contribution in [2.24, 2.45) is 10.8 Å². The fourth-order valence-electron chi connectivity index (χ4n) is 8.62. The van der Waals surface area contributed by atoms with E-state index in [1.54, 1.807) is 18.3 Å². The van der Waals surface area contributed by atoms with Gasteiger partial charge in [-0.2, -0.15) is 4.98 Å².